The van der Waals surface area contributed by atoms with E-state index < -0.39 is 40.1 Å². The molecule has 0 heterocycles. The second-order valence-corrected chi connectivity index (χ2v) is 16.5. The van der Waals surface area contributed by atoms with Gasteiger partial charge < -0.3 is 15.1 Å². The Labute approximate surface area is 308 Å². The Morgan fingerprint density at radius 3 is 1.33 bits per heavy atom. The van der Waals surface area contributed by atoms with Gasteiger partial charge >= 0.3 is 16.2 Å². The summed E-state index contributed by atoms with van der Waals surface area (Å²) in [4.78, 5) is 43.9. The molecule has 52 heavy (non-hydrogen) atoms. The zero-order valence-electron chi connectivity index (χ0n) is 31.3. The van der Waals surface area contributed by atoms with Crippen molar-refractivity contribution in [3.63, 3.8) is 0 Å². The molecule has 10 nitrogen and oxygen atoms in total. The topological polar surface area (TPSA) is 128 Å². The molecule has 0 aliphatic rings. The van der Waals surface area contributed by atoms with Crippen LogP contribution >= 0.6 is 0 Å². The minimum absolute atomic E-state index is 0.0283. The highest BCUT2D eigenvalue weighted by molar-refractivity contribution is 7.88. The predicted octanol–water partition coefficient (Wildman–Crippen LogP) is 6.26. The van der Waals surface area contributed by atoms with Crippen molar-refractivity contribution < 1.29 is 22.8 Å². The van der Waals surface area contributed by atoms with Crippen molar-refractivity contribution in [1.29, 1.82) is 0 Å². The lowest BCUT2D eigenvalue weighted by molar-refractivity contribution is -0.120. The Balaban J connectivity index is 1.53. The van der Waals surface area contributed by atoms with E-state index in [1.807, 2.05) is 89.7 Å². The number of likely N-dealkylation sites (N-methyl/N-ethyl adjacent to an activating group) is 2. The lowest BCUT2D eigenvalue weighted by atomic mass is 9.87. The second-order valence-electron chi connectivity index (χ2n) is 15.1. The number of hydrogen-bond donors (Lipinski definition) is 3. The molecule has 0 fully saturated rings. The summed E-state index contributed by atoms with van der Waals surface area (Å²) in [5.41, 5.74) is 4.71. The van der Waals surface area contributed by atoms with Gasteiger partial charge in [-0.15, -0.1) is 0 Å². The summed E-state index contributed by atoms with van der Waals surface area (Å²) in [5, 5.41) is 2.57. The number of rotatable bonds is 12. The van der Waals surface area contributed by atoms with E-state index in [2.05, 4.69) is 51.6 Å². The summed E-state index contributed by atoms with van der Waals surface area (Å²) in [5.74, 6) is -0.960. The lowest BCUT2D eigenvalue weighted by Crippen LogP contribution is -2.57. The van der Waals surface area contributed by atoms with Gasteiger partial charge in [-0.1, -0.05) is 126 Å². The van der Waals surface area contributed by atoms with Gasteiger partial charge in [-0.25, -0.2) is 9.52 Å². The highest BCUT2D eigenvalue weighted by atomic mass is 32.2. The molecule has 0 saturated carbocycles. The molecule has 0 unspecified atom stereocenters. The Hall–Kier alpha value is -5.00. The van der Waals surface area contributed by atoms with Crippen molar-refractivity contribution in [2.24, 2.45) is 0 Å². The van der Waals surface area contributed by atoms with Crippen LogP contribution in [-0.4, -0.2) is 52.4 Å². The third-order valence-corrected chi connectivity index (χ3v) is 9.94. The SMILES string of the molecule is CN(C(=O)[C@H](Cc1ccccc1)NC(=O)NS(=O)(=O)N[C@@H](Cc1ccccc1)C(=O)N(C)c1ccc(C(C)(C)C)cc1)c1ccc(C(C)(C)C)cc1. The van der Waals surface area contributed by atoms with Crippen LogP contribution in [0.2, 0.25) is 0 Å². The molecular formula is C41H51N5O5S. The molecule has 0 aromatic heterocycles. The zero-order chi connectivity index (χ0) is 38.3. The highest BCUT2D eigenvalue weighted by Crippen LogP contribution is 2.26. The van der Waals surface area contributed by atoms with Gasteiger partial charge in [0.1, 0.15) is 12.1 Å². The number of nitrogens with one attached hydrogen (secondary N) is 3. The van der Waals surface area contributed by atoms with E-state index in [1.54, 1.807) is 38.4 Å². The highest BCUT2D eigenvalue weighted by Gasteiger charge is 2.31. The first-order chi connectivity index (χ1) is 24.3. The van der Waals surface area contributed by atoms with Crippen molar-refractivity contribution >= 4 is 39.4 Å². The van der Waals surface area contributed by atoms with Crippen LogP contribution in [0.3, 0.4) is 0 Å². The third-order valence-electron chi connectivity index (χ3n) is 8.89. The maximum atomic E-state index is 13.9. The first-order valence-corrected chi connectivity index (χ1v) is 18.8. The van der Waals surface area contributed by atoms with Gasteiger partial charge in [0.05, 0.1) is 0 Å². The maximum Gasteiger partial charge on any atom is 0.330 e. The summed E-state index contributed by atoms with van der Waals surface area (Å²) >= 11 is 0. The molecule has 11 heteroatoms. The molecule has 4 aromatic rings. The van der Waals surface area contributed by atoms with Gasteiger partial charge in [0.15, 0.2) is 0 Å². The van der Waals surface area contributed by atoms with Crippen molar-refractivity contribution in [3.05, 3.63) is 131 Å². The van der Waals surface area contributed by atoms with Crippen LogP contribution in [0.25, 0.3) is 0 Å². The number of urea groups is 1. The molecule has 0 aliphatic heterocycles. The van der Waals surface area contributed by atoms with Gasteiger partial charge in [0.25, 0.3) is 0 Å². The molecule has 2 atom stereocenters. The van der Waals surface area contributed by atoms with Crippen molar-refractivity contribution in [1.82, 2.24) is 14.8 Å². The number of benzene rings is 4. The Morgan fingerprint density at radius 1 is 0.577 bits per heavy atom. The van der Waals surface area contributed by atoms with Gasteiger partial charge in [-0.2, -0.15) is 13.1 Å². The van der Waals surface area contributed by atoms with Gasteiger partial charge in [-0.3, -0.25) is 9.59 Å². The number of nitrogens with zero attached hydrogens (tertiary/aromatic N) is 2. The van der Waals surface area contributed by atoms with Crippen LogP contribution in [0.15, 0.2) is 109 Å². The average Bonchev–Trinajstić information content (AvgIpc) is 3.09. The zero-order valence-corrected chi connectivity index (χ0v) is 32.1. The van der Waals surface area contributed by atoms with Crippen LogP contribution < -0.4 is 24.6 Å². The molecule has 4 amide bonds. The van der Waals surface area contributed by atoms with Crippen LogP contribution in [0.1, 0.15) is 63.8 Å². The van der Waals surface area contributed by atoms with Crippen molar-refractivity contribution in [2.45, 2.75) is 77.3 Å². The van der Waals surface area contributed by atoms with Crippen LogP contribution in [0, 0.1) is 0 Å². The quantitative estimate of drug-likeness (QED) is 0.159. The van der Waals surface area contributed by atoms with E-state index in [4.69, 9.17) is 0 Å². The van der Waals surface area contributed by atoms with Gasteiger partial charge in [0, 0.05) is 31.9 Å². The van der Waals surface area contributed by atoms with Gasteiger partial charge in [-0.05, 0) is 63.8 Å². The van der Waals surface area contributed by atoms with Crippen LogP contribution in [0.5, 0.6) is 0 Å². The smallest absolute Gasteiger partial charge is 0.325 e. The molecule has 4 aromatic carbocycles. The molecule has 3 N–H and O–H groups in total. The van der Waals surface area contributed by atoms with E-state index >= 15 is 0 Å². The number of hydrogen-bond acceptors (Lipinski definition) is 5. The second kappa shape index (κ2) is 16.6. The first-order valence-electron chi connectivity index (χ1n) is 17.3. The van der Waals surface area contributed by atoms with Crippen molar-refractivity contribution in [2.75, 3.05) is 23.9 Å². The Kier molecular flexibility index (Phi) is 12.7. The first kappa shape index (κ1) is 39.8. The summed E-state index contributed by atoms with van der Waals surface area (Å²) in [6.45, 7) is 12.6. The summed E-state index contributed by atoms with van der Waals surface area (Å²) in [6.07, 6.45) is 0.138. The Morgan fingerprint density at radius 2 is 0.942 bits per heavy atom. The summed E-state index contributed by atoms with van der Waals surface area (Å²) < 4.78 is 31.3. The van der Waals surface area contributed by atoms with Crippen LogP contribution in [-0.2, 0) is 43.5 Å². The maximum absolute atomic E-state index is 13.9. The fourth-order valence-electron chi connectivity index (χ4n) is 5.70. The summed E-state index contributed by atoms with van der Waals surface area (Å²) in [6, 6.07) is 29.7. The molecule has 4 rings (SSSR count). The number of carbonyl (C=O) groups excluding carboxylic acids is 3. The average molecular weight is 726 g/mol. The third kappa shape index (κ3) is 11.0. The number of carbonyl (C=O) groups is 3. The Bertz CT molecular complexity index is 1920. The van der Waals surface area contributed by atoms with E-state index in [0.717, 1.165) is 22.3 Å². The summed E-state index contributed by atoms with van der Waals surface area (Å²) in [7, 11) is -1.42. The predicted molar refractivity (Wildman–Crippen MR) is 209 cm³/mol. The minimum Gasteiger partial charge on any atom is -0.325 e. The lowest BCUT2D eigenvalue weighted by Gasteiger charge is -2.27. The molecule has 0 spiro atoms. The monoisotopic (exact) mass is 725 g/mol. The normalized spacial score (nSPS) is 13.1. The molecule has 0 bridgehead atoms. The van der Waals surface area contributed by atoms with Crippen molar-refractivity contribution in [3.8, 4) is 0 Å². The van der Waals surface area contributed by atoms with E-state index in [9.17, 15) is 22.8 Å². The molecule has 0 radical (unpaired) electrons. The fraction of sp³-hybridized carbons (Fsp3) is 0.341. The molecule has 0 saturated heterocycles. The fourth-order valence-corrected chi connectivity index (χ4v) is 6.62. The van der Waals surface area contributed by atoms with E-state index in [1.165, 1.54) is 9.80 Å². The van der Waals surface area contributed by atoms with Crippen LogP contribution in [0.4, 0.5) is 16.2 Å². The largest absolute Gasteiger partial charge is 0.330 e. The number of anilines is 2. The number of amides is 4. The molecule has 276 valence electrons. The minimum atomic E-state index is -4.61. The molecule has 0 aliphatic carbocycles. The molecular weight excluding hydrogens is 675 g/mol. The standard InChI is InChI=1S/C41H51N5O5S/c1-40(2,3)31-19-23-33(24-20-31)45(7)37(47)35(27-29-15-11-9-12-16-29)42-39(49)44-52(50,51)43-36(28-30-17-13-10-14-18-30)38(48)46(8)34-25-21-32(22-26-34)41(4,5)6/h9-26,35-36,43H,27-28H2,1-8H3,(H2,42,44,49)/t35-,36-/m0/s1. The van der Waals surface area contributed by atoms with E-state index in [0.29, 0.717) is 11.4 Å². The van der Waals surface area contributed by atoms with Gasteiger partial charge in [0.2, 0.25) is 11.8 Å². The van der Waals surface area contributed by atoms with E-state index in [-0.39, 0.29) is 23.7 Å².